The maximum absolute atomic E-state index is 13.2. The first-order valence-corrected chi connectivity index (χ1v) is 5.30. The van der Waals surface area contributed by atoms with Crippen molar-refractivity contribution in [2.45, 2.75) is 6.10 Å². The van der Waals surface area contributed by atoms with Crippen LogP contribution in [0.25, 0.3) is 0 Å². The fourth-order valence-electron chi connectivity index (χ4n) is 1.10. The average Bonchev–Trinajstić information content (AvgIpc) is 2.30. The third kappa shape index (κ3) is 2.92. The van der Waals surface area contributed by atoms with Crippen LogP contribution in [0.1, 0.15) is 5.56 Å². The highest BCUT2D eigenvalue weighted by Crippen LogP contribution is 2.28. The Kier molecular flexibility index (Phi) is 4.68. The average molecular weight is 289 g/mol. The van der Waals surface area contributed by atoms with E-state index in [9.17, 15) is 4.39 Å². The fraction of sp³-hybridized carbons (Fsp3) is 0.300. The summed E-state index contributed by atoms with van der Waals surface area (Å²) >= 11 is 3.01. The van der Waals surface area contributed by atoms with E-state index < -0.39 is 18.5 Å². The lowest BCUT2D eigenvalue weighted by atomic mass is 10.2. The molecule has 1 aromatic carbocycles. The quantitative estimate of drug-likeness (QED) is 0.779. The highest BCUT2D eigenvalue weighted by atomic mass is 79.9. The number of halogens is 2. The van der Waals surface area contributed by atoms with Crippen molar-refractivity contribution in [2.24, 2.45) is 0 Å². The second-order valence-corrected chi connectivity index (χ2v) is 3.91. The zero-order valence-corrected chi connectivity index (χ0v) is 9.83. The predicted octanol–water partition coefficient (Wildman–Crippen LogP) is 1.22. The summed E-state index contributed by atoms with van der Waals surface area (Å²) in [6, 6.07) is 4.42. The molecule has 86 valence electrons. The lowest BCUT2D eigenvalue weighted by Gasteiger charge is -2.13. The van der Waals surface area contributed by atoms with Crippen LogP contribution in [0.15, 0.2) is 16.6 Å². The van der Waals surface area contributed by atoms with Crippen LogP contribution in [0.3, 0.4) is 0 Å². The molecule has 0 saturated heterocycles. The van der Waals surface area contributed by atoms with Crippen LogP contribution in [0.5, 0.6) is 0 Å². The van der Waals surface area contributed by atoms with Gasteiger partial charge in [-0.05, 0) is 28.1 Å². The van der Waals surface area contributed by atoms with Crippen LogP contribution in [0.2, 0.25) is 0 Å². The molecule has 0 aliphatic carbocycles. The molecule has 0 radical (unpaired) electrons. The first-order chi connectivity index (χ1) is 7.60. The van der Waals surface area contributed by atoms with Gasteiger partial charge in [-0.1, -0.05) is 0 Å². The van der Waals surface area contributed by atoms with E-state index in [2.05, 4.69) is 21.2 Å². The maximum Gasteiger partial charge on any atom is 0.139 e. The number of hydrogen-bond donors (Lipinski definition) is 3. The van der Waals surface area contributed by atoms with Gasteiger partial charge in [0, 0.05) is 6.54 Å². The molecule has 1 rings (SSSR count). The van der Waals surface area contributed by atoms with Crippen LogP contribution in [0, 0.1) is 17.1 Å². The van der Waals surface area contributed by atoms with E-state index in [4.69, 9.17) is 15.5 Å². The van der Waals surface area contributed by atoms with E-state index in [0.29, 0.717) is 0 Å². The SMILES string of the molecule is N#Cc1ccc(F)c(Br)c1NCC(O)CO. The van der Waals surface area contributed by atoms with Gasteiger partial charge in [-0.3, -0.25) is 0 Å². The Balaban J connectivity index is 2.93. The number of rotatable bonds is 4. The summed E-state index contributed by atoms with van der Waals surface area (Å²) in [6.07, 6.45) is -0.957. The van der Waals surface area contributed by atoms with Crippen molar-refractivity contribution < 1.29 is 14.6 Å². The van der Waals surface area contributed by atoms with Gasteiger partial charge in [0.05, 0.1) is 28.4 Å². The highest BCUT2D eigenvalue weighted by molar-refractivity contribution is 9.10. The first kappa shape index (κ1) is 12.9. The minimum absolute atomic E-state index is 0.0350. The summed E-state index contributed by atoms with van der Waals surface area (Å²) in [4.78, 5) is 0. The van der Waals surface area contributed by atoms with Gasteiger partial charge in [0.15, 0.2) is 0 Å². The number of hydrogen-bond acceptors (Lipinski definition) is 4. The van der Waals surface area contributed by atoms with Crippen molar-refractivity contribution in [1.29, 1.82) is 5.26 Å². The Morgan fingerprint density at radius 3 is 2.81 bits per heavy atom. The number of nitrogens with one attached hydrogen (secondary N) is 1. The normalized spacial score (nSPS) is 11.9. The monoisotopic (exact) mass is 288 g/mol. The molecule has 0 amide bonds. The van der Waals surface area contributed by atoms with Crippen molar-refractivity contribution in [3.8, 4) is 6.07 Å². The molecule has 0 spiro atoms. The number of anilines is 1. The number of aliphatic hydroxyl groups is 2. The fourth-order valence-corrected chi connectivity index (χ4v) is 1.59. The molecule has 1 unspecified atom stereocenters. The topological polar surface area (TPSA) is 76.3 Å². The largest absolute Gasteiger partial charge is 0.394 e. The van der Waals surface area contributed by atoms with Gasteiger partial charge in [-0.25, -0.2) is 4.39 Å². The number of benzene rings is 1. The second-order valence-electron chi connectivity index (χ2n) is 3.11. The van der Waals surface area contributed by atoms with Crippen LogP contribution in [0.4, 0.5) is 10.1 Å². The molecule has 6 heteroatoms. The van der Waals surface area contributed by atoms with E-state index in [1.165, 1.54) is 12.1 Å². The number of aliphatic hydroxyl groups excluding tert-OH is 2. The zero-order valence-electron chi connectivity index (χ0n) is 8.24. The molecule has 1 atom stereocenters. The van der Waals surface area contributed by atoms with Gasteiger partial charge < -0.3 is 15.5 Å². The third-order valence-electron chi connectivity index (χ3n) is 1.94. The Hall–Kier alpha value is -1.16. The smallest absolute Gasteiger partial charge is 0.139 e. The standard InChI is InChI=1S/C10H10BrFN2O2/c11-9-8(12)2-1-6(3-13)10(9)14-4-7(16)5-15/h1-2,7,14-16H,4-5H2. The summed E-state index contributed by atoms with van der Waals surface area (Å²) in [6.45, 7) is -0.366. The molecule has 0 aromatic heterocycles. The first-order valence-electron chi connectivity index (χ1n) is 4.51. The van der Waals surface area contributed by atoms with E-state index in [-0.39, 0.29) is 22.3 Å². The highest BCUT2D eigenvalue weighted by Gasteiger charge is 2.12. The Morgan fingerprint density at radius 2 is 2.25 bits per heavy atom. The molecule has 1 aromatic rings. The molecule has 0 aliphatic heterocycles. The van der Waals surface area contributed by atoms with Gasteiger partial charge in [0.25, 0.3) is 0 Å². The van der Waals surface area contributed by atoms with Crippen LogP contribution in [-0.4, -0.2) is 29.5 Å². The van der Waals surface area contributed by atoms with Crippen molar-refractivity contribution in [3.05, 3.63) is 28.0 Å². The van der Waals surface area contributed by atoms with E-state index >= 15 is 0 Å². The van der Waals surface area contributed by atoms with Crippen LogP contribution >= 0.6 is 15.9 Å². The van der Waals surface area contributed by atoms with Crippen molar-refractivity contribution >= 4 is 21.6 Å². The summed E-state index contributed by atoms with van der Waals surface area (Å²) < 4.78 is 13.3. The number of nitriles is 1. The Bertz CT molecular complexity index is 420. The van der Waals surface area contributed by atoms with E-state index in [0.717, 1.165) is 0 Å². The van der Waals surface area contributed by atoms with Crippen LogP contribution in [-0.2, 0) is 0 Å². The molecule has 0 fully saturated rings. The van der Waals surface area contributed by atoms with E-state index in [1.807, 2.05) is 6.07 Å². The van der Waals surface area contributed by atoms with Gasteiger partial charge >= 0.3 is 0 Å². The molecule has 3 N–H and O–H groups in total. The Labute approximate surface area is 100 Å². The molecule has 4 nitrogen and oxygen atoms in total. The summed E-state index contributed by atoms with van der Waals surface area (Å²) in [7, 11) is 0. The van der Waals surface area contributed by atoms with Gasteiger partial charge in [-0.15, -0.1) is 0 Å². The third-order valence-corrected chi connectivity index (χ3v) is 2.72. The molecule has 16 heavy (non-hydrogen) atoms. The van der Waals surface area contributed by atoms with Crippen molar-refractivity contribution in [2.75, 3.05) is 18.5 Å². The lowest BCUT2D eigenvalue weighted by molar-refractivity contribution is 0.105. The number of nitrogens with zero attached hydrogens (tertiary/aromatic N) is 1. The van der Waals surface area contributed by atoms with Gasteiger partial charge in [-0.2, -0.15) is 5.26 Å². The minimum atomic E-state index is -0.957. The minimum Gasteiger partial charge on any atom is -0.394 e. The molecular weight excluding hydrogens is 279 g/mol. The summed E-state index contributed by atoms with van der Waals surface area (Å²) in [5.41, 5.74) is 0.536. The second kappa shape index (κ2) is 5.80. The summed E-state index contributed by atoms with van der Waals surface area (Å²) in [5, 5.41) is 29.3. The van der Waals surface area contributed by atoms with Gasteiger partial charge in [0.2, 0.25) is 0 Å². The van der Waals surface area contributed by atoms with Crippen molar-refractivity contribution in [1.82, 2.24) is 0 Å². The molecule has 0 heterocycles. The molecule has 0 aliphatic rings. The van der Waals surface area contributed by atoms with Gasteiger partial charge in [0.1, 0.15) is 11.9 Å². The molecule has 0 saturated carbocycles. The molecule has 0 bridgehead atoms. The predicted molar refractivity (Wildman–Crippen MR) is 60.4 cm³/mol. The van der Waals surface area contributed by atoms with Crippen molar-refractivity contribution in [3.63, 3.8) is 0 Å². The summed E-state index contributed by atoms with van der Waals surface area (Å²) in [5.74, 6) is -0.500. The van der Waals surface area contributed by atoms with E-state index in [1.54, 1.807) is 0 Å². The lowest BCUT2D eigenvalue weighted by Crippen LogP contribution is -2.23. The maximum atomic E-state index is 13.2. The molecular formula is C10H10BrFN2O2. The van der Waals surface area contributed by atoms with Crippen LogP contribution < -0.4 is 5.32 Å². The zero-order chi connectivity index (χ0) is 12.1. The Morgan fingerprint density at radius 1 is 1.56 bits per heavy atom.